The van der Waals surface area contributed by atoms with Crippen LogP contribution < -0.4 is 5.43 Å². The van der Waals surface area contributed by atoms with Crippen molar-refractivity contribution in [3.05, 3.63) is 73.2 Å². The molecule has 0 aliphatic carbocycles. The van der Waals surface area contributed by atoms with E-state index in [0.717, 1.165) is 0 Å². The molecule has 0 heterocycles. The number of halogens is 2. The highest BCUT2D eigenvalue weighted by Crippen LogP contribution is 2.23. The van der Waals surface area contributed by atoms with E-state index in [1.165, 1.54) is 18.2 Å². The molecular weight excluding hydrogens is 353 g/mol. The number of hydrogen-bond donors (Lipinski definition) is 1. The van der Waals surface area contributed by atoms with Crippen molar-refractivity contribution in [2.24, 2.45) is 5.10 Å². The molecule has 1 N–H and O–H groups in total. The maximum Gasteiger partial charge on any atom is 0.273 e. The van der Waals surface area contributed by atoms with Gasteiger partial charge in [-0.05, 0) is 37.6 Å². The van der Waals surface area contributed by atoms with Gasteiger partial charge in [0.1, 0.15) is 0 Å². The molecule has 2 aromatic carbocycles. The summed E-state index contributed by atoms with van der Waals surface area (Å²) in [6.07, 6.45) is 0. The van der Waals surface area contributed by atoms with Crippen LogP contribution in [0.4, 0.5) is 5.69 Å². The third-order valence-corrected chi connectivity index (χ3v) is 4.07. The first-order chi connectivity index (χ1) is 11.3. The maximum atomic E-state index is 12.1. The molecule has 2 rings (SSSR count). The first kappa shape index (κ1) is 17.9. The van der Waals surface area contributed by atoms with E-state index in [2.05, 4.69) is 10.5 Å². The molecule has 0 atom stereocenters. The number of amides is 1. The second-order valence-corrected chi connectivity index (χ2v) is 5.84. The summed E-state index contributed by atoms with van der Waals surface area (Å²) in [6, 6.07) is 9.21. The van der Waals surface area contributed by atoms with Crippen LogP contribution in [0.1, 0.15) is 28.4 Å². The molecule has 0 fully saturated rings. The summed E-state index contributed by atoms with van der Waals surface area (Å²) in [5.74, 6) is -0.544. The van der Waals surface area contributed by atoms with E-state index in [1.54, 1.807) is 32.0 Å². The van der Waals surface area contributed by atoms with Crippen molar-refractivity contribution in [1.29, 1.82) is 0 Å². The number of carbonyl (C=O) groups is 1. The lowest BCUT2D eigenvalue weighted by Gasteiger charge is -2.05. The van der Waals surface area contributed by atoms with Gasteiger partial charge in [0.15, 0.2) is 0 Å². The van der Waals surface area contributed by atoms with Crippen molar-refractivity contribution in [2.75, 3.05) is 0 Å². The zero-order valence-electron chi connectivity index (χ0n) is 12.8. The Morgan fingerprint density at radius 1 is 1.12 bits per heavy atom. The molecule has 24 heavy (non-hydrogen) atoms. The Morgan fingerprint density at radius 2 is 1.79 bits per heavy atom. The van der Waals surface area contributed by atoms with Crippen LogP contribution in [0.2, 0.25) is 10.0 Å². The number of aryl methyl sites for hydroxylation is 1. The van der Waals surface area contributed by atoms with E-state index in [0.29, 0.717) is 26.9 Å². The molecule has 0 radical (unpaired) electrons. The predicted molar refractivity (Wildman–Crippen MR) is 94.0 cm³/mol. The van der Waals surface area contributed by atoms with Gasteiger partial charge in [0.05, 0.1) is 20.7 Å². The Bertz CT molecular complexity index is 850. The fourth-order valence-electron chi connectivity index (χ4n) is 1.93. The second kappa shape index (κ2) is 7.42. The van der Waals surface area contributed by atoms with Gasteiger partial charge in [-0.15, -0.1) is 0 Å². The van der Waals surface area contributed by atoms with Crippen LogP contribution in [0.5, 0.6) is 0 Å². The summed E-state index contributed by atoms with van der Waals surface area (Å²) in [5.41, 5.74) is 4.09. The van der Waals surface area contributed by atoms with Gasteiger partial charge in [0.2, 0.25) is 0 Å². The summed E-state index contributed by atoms with van der Waals surface area (Å²) in [7, 11) is 0. The number of rotatable bonds is 4. The van der Waals surface area contributed by atoms with Crippen molar-refractivity contribution < 1.29 is 9.72 Å². The Labute approximate surface area is 148 Å². The number of benzene rings is 2. The van der Waals surface area contributed by atoms with Crippen molar-refractivity contribution in [1.82, 2.24) is 5.43 Å². The first-order valence-electron chi connectivity index (χ1n) is 6.84. The standard InChI is InChI=1S/C16H13Cl2N3O3/c1-9-3-4-12(8-15(9)21(23)24)16(22)20-19-10(2)11-5-6-13(17)14(18)7-11/h3-8H,1-2H3,(H,20,22)/b19-10+. The van der Waals surface area contributed by atoms with Crippen molar-refractivity contribution >= 4 is 40.5 Å². The van der Waals surface area contributed by atoms with E-state index in [1.807, 2.05) is 0 Å². The predicted octanol–water partition coefficient (Wildman–Crippen LogP) is 4.36. The van der Waals surface area contributed by atoms with Gasteiger partial charge >= 0.3 is 0 Å². The van der Waals surface area contributed by atoms with Crippen molar-refractivity contribution in [2.45, 2.75) is 13.8 Å². The zero-order valence-corrected chi connectivity index (χ0v) is 14.4. The largest absolute Gasteiger partial charge is 0.273 e. The number of nitro groups is 1. The van der Waals surface area contributed by atoms with Crippen LogP contribution in [0.3, 0.4) is 0 Å². The molecule has 0 aliphatic rings. The fraction of sp³-hybridized carbons (Fsp3) is 0.125. The molecule has 0 bridgehead atoms. The summed E-state index contributed by atoms with van der Waals surface area (Å²) in [4.78, 5) is 22.5. The summed E-state index contributed by atoms with van der Waals surface area (Å²) < 4.78 is 0. The Balaban J connectivity index is 2.18. The first-order valence-corrected chi connectivity index (χ1v) is 7.60. The van der Waals surface area contributed by atoms with E-state index < -0.39 is 10.8 Å². The summed E-state index contributed by atoms with van der Waals surface area (Å²) >= 11 is 11.8. The highest BCUT2D eigenvalue weighted by Gasteiger charge is 2.14. The molecule has 1 amide bonds. The molecule has 124 valence electrons. The molecular formula is C16H13Cl2N3O3. The minimum absolute atomic E-state index is 0.118. The normalized spacial score (nSPS) is 11.2. The number of hydrazone groups is 1. The van der Waals surface area contributed by atoms with Crippen LogP contribution in [0.15, 0.2) is 41.5 Å². The highest BCUT2D eigenvalue weighted by atomic mass is 35.5. The molecule has 8 heteroatoms. The smallest absolute Gasteiger partial charge is 0.267 e. The molecule has 0 aromatic heterocycles. The van der Waals surface area contributed by atoms with Crippen LogP contribution >= 0.6 is 23.2 Å². The molecule has 0 unspecified atom stereocenters. The summed E-state index contributed by atoms with van der Waals surface area (Å²) in [6.45, 7) is 3.30. The number of nitrogens with zero attached hydrogens (tertiary/aromatic N) is 2. The van der Waals surface area contributed by atoms with Gasteiger partial charge < -0.3 is 0 Å². The van der Waals surface area contributed by atoms with Crippen LogP contribution in [-0.2, 0) is 0 Å². The van der Waals surface area contributed by atoms with Crippen molar-refractivity contribution in [3.8, 4) is 0 Å². The average molecular weight is 366 g/mol. The number of carbonyl (C=O) groups excluding carboxylic acids is 1. The third-order valence-electron chi connectivity index (χ3n) is 3.33. The van der Waals surface area contributed by atoms with Gasteiger partial charge in [-0.25, -0.2) is 5.43 Å². The van der Waals surface area contributed by atoms with Gasteiger partial charge in [0.25, 0.3) is 11.6 Å². The van der Waals surface area contributed by atoms with E-state index >= 15 is 0 Å². The molecule has 6 nitrogen and oxygen atoms in total. The monoisotopic (exact) mass is 365 g/mol. The SMILES string of the molecule is C/C(=N\NC(=O)c1ccc(C)c([N+](=O)[O-])c1)c1ccc(Cl)c(Cl)c1. The number of hydrogen-bond acceptors (Lipinski definition) is 4. The third kappa shape index (κ3) is 4.10. The Morgan fingerprint density at radius 3 is 2.42 bits per heavy atom. The van der Waals surface area contributed by atoms with Crippen LogP contribution in [-0.4, -0.2) is 16.5 Å². The van der Waals surface area contributed by atoms with Gasteiger partial charge in [-0.2, -0.15) is 5.10 Å². The van der Waals surface area contributed by atoms with Gasteiger partial charge in [0, 0.05) is 17.2 Å². The number of nitrogens with one attached hydrogen (secondary N) is 1. The van der Waals surface area contributed by atoms with E-state index in [-0.39, 0.29) is 11.3 Å². The molecule has 0 spiro atoms. The minimum Gasteiger partial charge on any atom is -0.267 e. The van der Waals surface area contributed by atoms with Crippen LogP contribution in [0, 0.1) is 17.0 Å². The van der Waals surface area contributed by atoms with Gasteiger partial charge in [-0.1, -0.05) is 35.3 Å². The Kier molecular flexibility index (Phi) is 5.54. The highest BCUT2D eigenvalue weighted by molar-refractivity contribution is 6.42. The average Bonchev–Trinajstić information content (AvgIpc) is 2.55. The topological polar surface area (TPSA) is 84.6 Å². The van der Waals surface area contributed by atoms with Crippen molar-refractivity contribution in [3.63, 3.8) is 0 Å². The lowest BCUT2D eigenvalue weighted by Crippen LogP contribution is -2.19. The second-order valence-electron chi connectivity index (χ2n) is 5.03. The van der Waals surface area contributed by atoms with Gasteiger partial charge in [-0.3, -0.25) is 14.9 Å². The maximum absolute atomic E-state index is 12.1. The minimum atomic E-state index is -0.544. The lowest BCUT2D eigenvalue weighted by atomic mass is 10.1. The number of nitro benzene ring substituents is 1. The Hall–Kier alpha value is -2.44. The zero-order chi connectivity index (χ0) is 17.9. The van der Waals surface area contributed by atoms with Crippen LogP contribution in [0.25, 0.3) is 0 Å². The van der Waals surface area contributed by atoms with E-state index in [4.69, 9.17) is 23.2 Å². The quantitative estimate of drug-likeness (QED) is 0.496. The molecule has 0 saturated carbocycles. The van der Waals surface area contributed by atoms with E-state index in [9.17, 15) is 14.9 Å². The summed E-state index contributed by atoms with van der Waals surface area (Å²) in [5, 5.41) is 15.7. The molecule has 0 saturated heterocycles. The fourth-order valence-corrected chi connectivity index (χ4v) is 2.23. The molecule has 0 aliphatic heterocycles. The lowest BCUT2D eigenvalue weighted by molar-refractivity contribution is -0.385. The molecule has 2 aromatic rings.